The molecule has 3 rings (SSSR count). The number of imidazole rings is 1. The highest BCUT2D eigenvalue weighted by Gasteiger charge is 2.24. The van der Waals surface area contributed by atoms with E-state index in [1.54, 1.807) is 18.7 Å². The van der Waals surface area contributed by atoms with Gasteiger partial charge in [0.05, 0.1) is 6.33 Å². The smallest absolute Gasteiger partial charge is 0.223 e. The molecular formula is C14H19N5O. The third kappa shape index (κ3) is 2.89. The molecule has 1 atom stereocenters. The number of carbonyl (C=O) groups is 1. The highest BCUT2D eigenvalue weighted by Crippen LogP contribution is 2.19. The van der Waals surface area contributed by atoms with Crippen LogP contribution >= 0.6 is 0 Å². The van der Waals surface area contributed by atoms with Gasteiger partial charge in [-0.15, -0.1) is 0 Å². The number of amides is 1. The van der Waals surface area contributed by atoms with E-state index in [0.29, 0.717) is 6.54 Å². The maximum absolute atomic E-state index is 12.1. The van der Waals surface area contributed by atoms with Crippen LogP contribution in [0, 0.1) is 5.92 Å². The quantitative estimate of drug-likeness (QED) is 0.821. The average molecular weight is 273 g/mol. The van der Waals surface area contributed by atoms with Crippen molar-refractivity contribution in [1.29, 1.82) is 0 Å². The lowest BCUT2D eigenvalue weighted by molar-refractivity contribution is -0.125. The number of nitrogens with zero attached hydrogens (tertiary/aromatic N) is 4. The Hall–Kier alpha value is -2.11. The zero-order valence-corrected chi connectivity index (χ0v) is 11.4. The Labute approximate surface area is 117 Å². The molecule has 0 radical (unpaired) electrons. The zero-order chi connectivity index (χ0) is 13.8. The molecule has 1 aliphatic rings. The first-order valence-electron chi connectivity index (χ1n) is 7.07. The van der Waals surface area contributed by atoms with Crippen molar-refractivity contribution in [3.8, 4) is 0 Å². The fourth-order valence-corrected chi connectivity index (χ4v) is 2.63. The van der Waals surface area contributed by atoms with Crippen LogP contribution in [-0.4, -0.2) is 31.8 Å². The van der Waals surface area contributed by atoms with Crippen LogP contribution in [0.1, 0.15) is 18.5 Å². The van der Waals surface area contributed by atoms with Gasteiger partial charge in [0.1, 0.15) is 0 Å². The summed E-state index contributed by atoms with van der Waals surface area (Å²) in [6.07, 6.45) is 9.90. The normalized spacial score (nSPS) is 17.7. The number of rotatable bonds is 5. The molecule has 1 aliphatic heterocycles. The van der Waals surface area contributed by atoms with Gasteiger partial charge in [0.2, 0.25) is 5.91 Å². The van der Waals surface area contributed by atoms with Gasteiger partial charge < -0.3 is 9.88 Å². The molecule has 2 aromatic heterocycles. The van der Waals surface area contributed by atoms with Crippen LogP contribution in [-0.2, 0) is 24.3 Å². The molecule has 0 spiro atoms. The summed E-state index contributed by atoms with van der Waals surface area (Å²) >= 11 is 0. The lowest BCUT2D eigenvalue weighted by Gasteiger charge is -2.22. The molecule has 1 amide bonds. The summed E-state index contributed by atoms with van der Waals surface area (Å²) in [7, 11) is 0. The van der Waals surface area contributed by atoms with Crippen LogP contribution in [0.15, 0.2) is 31.0 Å². The highest BCUT2D eigenvalue weighted by atomic mass is 16.1. The monoisotopic (exact) mass is 273 g/mol. The fraction of sp³-hybridized carbons (Fsp3) is 0.500. The van der Waals surface area contributed by atoms with E-state index in [1.165, 1.54) is 0 Å². The van der Waals surface area contributed by atoms with Crippen molar-refractivity contribution < 1.29 is 4.79 Å². The van der Waals surface area contributed by atoms with Gasteiger partial charge in [0.15, 0.2) is 0 Å². The second-order valence-electron chi connectivity index (χ2n) is 5.18. The Morgan fingerprint density at radius 2 is 2.40 bits per heavy atom. The minimum Gasteiger partial charge on any atom is -0.356 e. The van der Waals surface area contributed by atoms with Crippen LogP contribution in [0.3, 0.4) is 0 Å². The molecule has 6 nitrogen and oxygen atoms in total. The van der Waals surface area contributed by atoms with Crippen LogP contribution in [0.5, 0.6) is 0 Å². The minimum absolute atomic E-state index is 0.0902. The molecule has 0 saturated heterocycles. The molecule has 0 saturated carbocycles. The number of nitrogens with one attached hydrogen (secondary N) is 1. The van der Waals surface area contributed by atoms with Crippen LogP contribution in [0.2, 0.25) is 0 Å². The molecule has 3 heterocycles. The van der Waals surface area contributed by atoms with Crippen molar-refractivity contribution in [2.45, 2.75) is 32.4 Å². The van der Waals surface area contributed by atoms with Crippen LogP contribution in [0.4, 0.5) is 0 Å². The van der Waals surface area contributed by atoms with E-state index in [2.05, 4.69) is 15.4 Å². The van der Waals surface area contributed by atoms with Crippen molar-refractivity contribution in [3.63, 3.8) is 0 Å². The maximum Gasteiger partial charge on any atom is 0.223 e. The summed E-state index contributed by atoms with van der Waals surface area (Å²) in [4.78, 5) is 16.1. The Morgan fingerprint density at radius 1 is 1.45 bits per heavy atom. The predicted octanol–water partition coefficient (Wildman–Crippen LogP) is 0.848. The maximum atomic E-state index is 12.1. The van der Waals surface area contributed by atoms with Gasteiger partial charge in [0.25, 0.3) is 0 Å². The van der Waals surface area contributed by atoms with Crippen molar-refractivity contribution in [2.24, 2.45) is 5.92 Å². The van der Waals surface area contributed by atoms with E-state index in [-0.39, 0.29) is 11.8 Å². The van der Waals surface area contributed by atoms with E-state index in [9.17, 15) is 4.79 Å². The SMILES string of the molecule is O=C(NCCCn1ccnc1)C1CCn2nccc2C1. The molecule has 2 aromatic rings. The third-order valence-corrected chi connectivity index (χ3v) is 3.77. The van der Waals surface area contributed by atoms with E-state index >= 15 is 0 Å². The van der Waals surface area contributed by atoms with Gasteiger partial charge in [-0.3, -0.25) is 9.48 Å². The molecule has 6 heteroatoms. The van der Waals surface area contributed by atoms with E-state index in [0.717, 1.165) is 38.0 Å². The summed E-state index contributed by atoms with van der Waals surface area (Å²) < 4.78 is 4.01. The number of aryl methyl sites for hydroxylation is 2. The Bertz CT molecular complexity index is 560. The van der Waals surface area contributed by atoms with Gasteiger partial charge in [-0.2, -0.15) is 5.10 Å². The number of carbonyl (C=O) groups excluding carboxylic acids is 1. The van der Waals surface area contributed by atoms with Gasteiger partial charge in [-0.1, -0.05) is 0 Å². The topological polar surface area (TPSA) is 64.7 Å². The lowest BCUT2D eigenvalue weighted by atomic mass is 9.95. The first kappa shape index (κ1) is 12.9. The molecule has 0 aliphatic carbocycles. The van der Waals surface area contributed by atoms with Gasteiger partial charge in [-0.25, -0.2) is 4.98 Å². The third-order valence-electron chi connectivity index (χ3n) is 3.77. The molecule has 20 heavy (non-hydrogen) atoms. The Morgan fingerprint density at radius 3 is 3.25 bits per heavy atom. The highest BCUT2D eigenvalue weighted by molar-refractivity contribution is 5.78. The average Bonchev–Trinajstić information content (AvgIpc) is 3.13. The molecule has 106 valence electrons. The number of fused-ring (bicyclic) bond motifs is 1. The lowest BCUT2D eigenvalue weighted by Crippen LogP contribution is -2.36. The van der Waals surface area contributed by atoms with Gasteiger partial charge >= 0.3 is 0 Å². The molecule has 1 unspecified atom stereocenters. The van der Waals surface area contributed by atoms with E-state index in [4.69, 9.17) is 0 Å². The van der Waals surface area contributed by atoms with Crippen molar-refractivity contribution in [3.05, 3.63) is 36.7 Å². The summed E-state index contributed by atoms with van der Waals surface area (Å²) in [5.41, 5.74) is 1.16. The number of hydrogen-bond donors (Lipinski definition) is 1. The van der Waals surface area contributed by atoms with Gasteiger partial charge in [0, 0.05) is 56.3 Å². The predicted molar refractivity (Wildman–Crippen MR) is 73.9 cm³/mol. The zero-order valence-electron chi connectivity index (χ0n) is 11.4. The molecule has 0 aromatic carbocycles. The summed E-state index contributed by atoms with van der Waals surface area (Å²) in [5, 5.41) is 7.27. The fourth-order valence-electron chi connectivity index (χ4n) is 2.63. The van der Waals surface area contributed by atoms with Crippen molar-refractivity contribution >= 4 is 5.91 Å². The van der Waals surface area contributed by atoms with E-state index in [1.807, 2.05) is 21.5 Å². The minimum atomic E-state index is 0.0902. The Kier molecular flexibility index (Phi) is 3.80. The molecular weight excluding hydrogens is 254 g/mol. The molecule has 0 bridgehead atoms. The largest absolute Gasteiger partial charge is 0.356 e. The van der Waals surface area contributed by atoms with Crippen molar-refractivity contribution in [2.75, 3.05) is 6.54 Å². The second kappa shape index (κ2) is 5.90. The molecule has 0 fully saturated rings. The first-order valence-corrected chi connectivity index (χ1v) is 7.07. The summed E-state index contributed by atoms with van der Waals surface area (Å²) in [6.45, 7) is 2.44. The van der Waals surface area contributed by atoms with E-state index < -0.39 is 0 Å². The first-order chi connectivity index (χ1) is 9.83. The number of hydrogen-bond acceptors (Lipinski definition) is 3. The standard InChI is InChI=1S/C14H19N5O/c20-14(16-4-1-7-18-9-6-15-11-18)12-3-8-19-13(10-12)2-5-17-19/h2,5-6,9,11-12H,1,3-4,7-8,10H2,(H,16,20). The van der Waals surface area contributed by atoms with Crippen LogP contribution < -0.4 is 5.32 Å². The van der Waals surface area contributed by atoms with Crippen LogP contribution in [0.25, 0.3) is 0 Å². The van der Waals surface area contributed by atoms with Gasteiger partial charge in [-0.05, 0) is 18.9 Å². The summed E-state index contributed by atoms with van der Waals surface area (Å²) in [6, 6.07) is 2.00. The Balaban J connectivity index is 1.41. The summed E-state index contributed by atoms with van der Waals surface area (Å²) in [5.74, 6) is 0.260. The second-order valence-corrected chi connectivity index (χ2v) is 5.18. The van der Waals surface area contributed by atoms with Crippen molar-refractivity contribution in [1.82, 2.24) is 24.6 Å². The molecule has 1 N–H and O–H groups in total. The number of aromatic nitrogens is 4.